The molecule has 0 aromatic carbocycles. The summed E-state index contributed by atoms with van der Waals surface area (Å²) in [5, 5.41) is 6.00. The van der Waals surface area contributed by atoms with Crippen molar-refractivity contribution in [1.82, 2.24) is 10.6 Å². The summed E-state index contributed by atoms with van der Waals surface area (Å²) >= 11 is 0. The van der Waals surface area contributed by atoms with Crippen LogP contribution in [-0.2, 0) is 9.59 Å². The third kappa shape index (κ3) is 5.72. The van der Waals surface area contributed by atoms with Gasteiger partial charge in [-0.1, -0.05) is 47.5 Å². The second kappa shape index (κ2) is 9.08. The fraction of sp³-hybridized carbons (Fsp3) is 0.867. The van der Waals surface area contributed by atoms with Crippen LogP contribution in [0.1, 0.15) is 54.4 Å². The number of hydrogen-bond acceptors (Lipinski definition) is 3. The van der Waals surface area contributed by atoms with Gasteiger partial charge in [-0.2, -0.15) is 0 Å². The molecule has 112 valence electrons. The summed E-state index contributed by atoms with van der Waals surface area (Å²) in [7, 11) is 0. The van der Waals surface area contributed by atoms with Gasteiger partial charge in [-0.15, -0.1) is 0 Å². The van der Waals surface area contributed by atoms with Gasteiger partial charge >= 0.3 is 0 Å². The van der Waals surface area contributed by atoms with Gasteiger partial charge in [0.05, 0.1) is 12.1 Å². The molecule has 0 aliphatic heterocycles. The fourth-order valence-corrected chi connectivity index (χ4v) is 2.22. The zero-order chi connectivity index (χ0) is 15.0. The second-order valence-electron chi connectivity index (χ2n) is 5.40. The van der Waals surface area contributed by atoms with E-state index in [1.165, 1.54) is 0 Å². The molecule has 0 bridgehead atoms. The Morgan fingerprint density at radius 3 is 1.89 bits per heavy atom. The molecule has 0 saturated heterocycles. The number of rotatable bonds is 9. The highest BCUT2D eigenvalue weighted by molar-refractivity contribution is 5.91. The predicted octanol–water partition coefficient (Wildman–Crippen LogP) is 2.13. The molecular formula is C15H30N2O2. The Hall–Kier alpha value is -0.900. The van der Waals surface area contributed by atoms with Crippen LogP contribution in [-0.4, -0.2) is 30.3 Å². The molecule has 0 saturated carbocycles. The topological polar surface area (TPSA) is 58.2 Å². The molecule has 1 unspecified atom stereocenters. The van der Waals surface area contributed by atoms with E-state index in [2.05, 4.69) is 24.5 Å². The zero-order valence-electron chi connectivity index (χ0n) is 13.2. The number of carbonyl (C=O) groups is 2. The van der Waals surface area contributed by atoms with Gasteiger partial charge in [-0.05, 0) is 19.4 Å². The van der Waals surface area contributed by atoms with E-state index in [0.29, 0.717) is 0 Å². The molecule has 0 rings (SSSR count). The van der Waals surface area contributed by atoms with E-state index < -0.39 is 0 Å². The minimum atomic E-state index is -0.358. The number of nitrogens with one attached hydrogen (secondary N) is 2. The maximum atomic E-state index is 12.3. The normalized spacial score (nSPS) is 14.5. The standard InChI is InChI=1S/C15H30N2O2/c1-7-12(8-2)13(14(18)10(4)5)17-15(19)11(6)16-9-3/h10-13,16H,7-9H2,1-6H3,(H,17,19)/t11-,13?/m0/s1. The first-order chi connectivity index (χ1) is 8.88. The molecule has 2 atom stereocenters. The Labute approximate surface area is 117 Å². The van der Waals surface area contributed by atoms with E-state index in [0.717, 1.165) is 19.4 Å². The first-order valence-electron chi connectivity index (χ1n) is 7.46. The number of likely N-dealkylation sites (N-methyl/N-ethyl adjacent to an activating group) is 1. The van der Waals surface area contributed by atoms with Crippen LogP contribution in [0, 0.1) is 11.8 Å². The Morgan fingerprint density at radius 1 is 1.00 bits per heavy atom. The van der Waals surface area contributed by atoms with Crippen LogP contribution in [0.3, 0.4) is 0 Å². The number of hydrogen-bond donors (Lipinski definition) is 2. The summed E-state index contributed by atoms with van der Waals surface area (Å²) in [4.78, 5) is 24.4. The Balaban J connectivity index is 4.85. The molecule has 0 fully saturated rings. The molecular weight excluding hydrogens is 240 g/mol. The summed E-state index contributed by atoms with van der Waals surface area (Å²) < 4.78 is 0. The van der Waals surface area contributed by atoms with Crippen molar-refractivity contribution >= 4 is 11.7 Å². The average molecular weight is 270 g/mol. The molecule has 0 aromatic rings. The molecule has 4 nitrogen and oxygen atoms in total. The van der Waals surface area contributed by atoms with Gasteiger partial charge in [0.1, 0.15) is 0 Å². The summed E-state index contributed by atoms with van der Waals surface area (Å²) in [6, 6.07) is -0.620. The molecule has 1 amide bonds. The molecule has 4 heteroatoms. The minimum absolute atomic E-state index is 0.0552. The van der Waals surface area contributed by atoms with Crippen molar-refractivity contribution in [3.8, 4) is 0 Å². The lowest BCUT2D eigenvalue weighted by Crippen LogP contribution is -2.52. The Bertz CT molecular complexity index is 286. The lowest BCUT2D eigenvalue weighted by molar-refractivity contribution is -0.131. The van der Waals surface area contributed by atoms with E-state index in [4.69, 9.17) is 0 Å². The number of carbonyl (C=O) groups excluding carboxylic acids is 2. The summed E-state index contributed by atoms with van der Waals surface area (Å²) in [6.45, 7) is 12.4. The fourth-order valence-electron chi connectivity index (χ4n) is 2.22. The first-order valence-corrected chi connectivity index (χ1v) is 7.46. The van der Waals surface area contributed by atoms with E-state index in [1.807, 2.05) is 27.7 Å². The Morgan fingerprint density at radius 2 is 1.53 bits per heavy atom. The van der Waals surface area contributed by atoms with Crippen LogP contribution in [0.4, 0.5) is 0 Å². The van der Waals surface area contributed by atoms with Crippen molar-refractivity contribution in [2.75, 3.05) is 6.54 Å². The van der Waals surface area contributed by atoms with Crippen molar-refractivity contribution in [2.45, 2.75) is 66.5 Å². The first kappa shape index (κ1) is 18.1. The molecule has 0 radical (unpaired) electrons. The van der Waals surface area contributed by atoms with Gasteiger partial charge in [0.25, 0.3) is 0 Å². The lowest BCUT2D eigenvalue weighted by Gasteiger charge is -2.28. The van der Waals surface area contributed by atoms with Crippen molar-refractivity contribution in [3.05, 3.63) is 0 Å². The van der Waals surface area contributed by atoms with Crippen LogP contribution in [0.25, 0.3) is 0 Å². The summed E-state index contributed by atoms with van der Waals surface area (Å²) in [6.07, 6.45) is 1.80. The Kier molecular flexibility index (Phi) is 8.65. The van der Waals surface area contributed by atoms with Gasteiger partial charge in [0, 0.05) is 5.92 Å². The van der Waals surface area contributed by atoms with Gasteiger partial charge in [-0.3, -0.25) is 9.59 Å². The van der Waals surface area contributed by atoms with Crippen molar-refractivity contribution < 1.29 is 9.59 Å². The van der Waals surface area contributed by atoms with Crippen molar-refractivity contribution in [1.29, 1.82) is 0 Å². The highest BCUT2D eigenvalue weighted by atomic mass is 16.2. The second-order valence-corrected chi connectivity index (χ2v) is 5.40. The lowest BCUT2D eigenvalue weighted by atomic mass is 9.87. The van der Waals surface area contributed by atoms with Gasteiger partial charge < -0.3 is 10.6 Å². The molecule has 0 aliphatic rings. The monoisotopic (exact) mass is 270 g/mol. The number of amides is 1. The van der Waals surface area contributed by atoms with Gasteiger partial charge in [0.2, 0.25) is 5.91 Å². The highest BCUT2D eigenvalue weighted by Crippen LogP contribution is 2.17. The predicted molar refractivity (Wildman–Crippen MR) is 79.0 cm³/mol. The van der Waals surface area contributed by atoms with Crippen LogP contribution in [0.15, 0.2) is 0 Å². The molecule has 2 N–H and O–H groups in total. The smallest absolute Gasteiger partial charge is 0.237 e. The van der Waals surface area contributed by atoms with E-state index >= 15 is 0 Å². The highest BCUT2D eigenvalue weighted by Gasteiger charge is 2.30. The largest absolute Gasteiger partial charge is 0.345 e. The molecule has 19 heavy (non-hydrogen) atoms. The number of ketones is 1. The summed E-state index contributed by atoms with van der Waals surface area (Å²) in [5.41, 5.74) is 0. The van der Waals surface area contributed by atoms with Crippen LogP contribution in [0.5, 0.6) is 0 Å². The molecule has 0 spiro atoms. The average Bonchev–Trinajstić information content (AvgIpc) is 2.37. The van der Waals surface area contributed by atoms with Crippen molar-refractivity contribution in [2.24, 2.45) is 11.8 Å². The quantitative estimate of drug-likeness (QED) is 0.675. The maximum Gasteiger partial charge on any atom is 0.237 e. The summed E-state index contributed by atoms with van der Waals surface area (Å²) in [5.74, 6) is 0.200. The van der Waals surface area contributed by atoms with E-state index in [1.54, 1.807) is 0 Å². The van der Waals surface area contributed by atoms with Gasteiger partial charge in [-0.25, -0.2) is 0 Å². The SMILES string of the molecule is CCN[C@@H](C)C(=O)NC(C(=O)C(C)C)C(CC)CC. The molecule has 0 aliphatic carbocycles. The molecule has 0 heterocycles. The third-order valence-corrected chi connectivity index (χ3v) is 3.60. The van der Waals surface area contributed by atoms with Crippen molar-refractivity contribution in [3.63, 3.8) is 0 Å². The van der Waals surface area contributed by atoms with Crippen LogP contribution < -0.4 is 10.6 Å². The zero-order valence-corrected chi connectivity index (χ0v) is 13.2. The molecule has 0 aromatic heterocycles. The van der Waals surface area contributed by atoms with Gasteiger partial charge in [0.15, 0.2) is 5.78 Å². The van der Waals surface area contributed by atoms with Crippen LogP contribution in [0.2, 0.25) is 0 Å². The maximum absolute atomic E-state index is 12.3. The van der Waals surface area contributed by atoms with Crippen LogP contribution >= 0.6 is 0 Å². The number of Topliss-reactive ketones (excluding diaryl/α,β-unsaturated/α-hetero) is 1. The minimum Gasteiger partial charge on any atom is -0.345 e. The third-order valence-electron chi connectivity index (χ3n) is 3.60. The van der Waals surface area contributed by atoms with E-state index in [9.17, 15) is 9.59 Å². The van der Waals surface area contributed by atoms with E-state index in [-0.39, 0.29) is 35.6 Å².